The van der Waals surface area contributed by atoms with Crippen LogP contribution in [0, 0.1) is 6.92 Å². The van der Waals surface area contributed by atoms with E-state index >= 15 is 0 Å². The first-order valence-corrected chi connectivity index (χ1v) is 7.26. The molecule has 0 radical (unpaired) electrons. The molecule has 1 aromatic heterocycles. The molecular weight excluding hydrogens is 248 g/mol. The summed E-state index contributed by atoms with van der Waals surface area (Å²) in [6.07, 6.45) is 2.34. The Balaban J connectivity index is 1.94. The van der Waals surface area contributed by atoms with Gasteiger partial charge in [0.15, 0.2) is 0 Å². The molecule has 4 nitrogen and oxygen atoms in total. The molecule has 0 saturated carbocycles. The Kier molecular flexibility index (Phi) is 3.49. The van der Waals surface area contributed by atoms with Gasteiger partial charge in [0.2, 0.25) is 0 Å². The van der Waals surface area contributed by atoms with Crippen LogP contribution in [0.15, 0.2) is 30.3 Å². The van der Waals surface area contributed by atoms with Crippen LogP contribution in [0.5, 0.6) is 0 Å². The summed E-state index contributed by atoms with van der Waals surface area (Å²) in [4.78, 5) is 2.38. The summed E-state index contributed by atoms with van der Waals surface area (Å²) in [6, 6.07) is 10.1. The topological polar surface area (TPSA) is 47.1 Å². The number of aromatic nitrogens is 2. The summed E-state index contributed by atoms with van der Waals surface area (Å²) in [7, 11) is 2.18. The van der Waals surface area contributed by atoms with Crippen molar-refractivity contribution in [3.05, 3.63) is 41.6 Å². The Morgan fingerprint density at radius 3 is 2.45 bits per heavy atom. The van der Waals surface area contributed by atoms with Crippen molar-refractivity contribution in [2.45, 2.75) is 25.7 Å². The number of para-hydroxylation sites is 1. The molecule has 0 atom stereocenters. The Labute approximate surface area is 120 Å². The number of rotatable bonds is 2. The maximum absolute atomic E-state index is 6.26. The first-order chi connectivity index (χ1) is 9.66. The van der Waals surface area contributed by atoms with Crippen molar-refractivity contribution < 1.29 is 0 Å². The largest absolute Gasteiger partial charge is 0.383 e. The highest BCUT2D eigenvalue weighted by atomic mass is 15.3. The van der Waals surface area contributed by atoms with Gasteiger partial charge in [0.1, 0.15) is 5.82 Å². The summed E-state index contributed by atoms with van der Waals surface area (Å²) < 4.78 is 1.88. The highest BCUT2D eigenvalue weighted by Crippen LogP contribution is 2.32. The van der Waals surface area contributed by atoms with Gasteiger partial charge in [-0.2, -0.15) is 5.10 Å². The molecule has 2 aromatic rings. The molecule has 2 N–H and O–H groups in total. The summed E-state index contributed by atoms with van der Waals surface area (Å²) in [6.45, 7) is 4.37. The van der Waals surface area contributed by atoms with Gasteiger partial charge < -0.3 is 10.6 Å². The van der Waals surface area contributed by atoms with E-state index in [0.29, 0.717) is 5.92 Å². The van der Waals surface area contributed by atoms with E-state index in [2.05, 4.69) is 18.9 Å². The quantitative estimate of drug-likeness (QED) is 0.912. The SMILES string of the molecule is Cc1c(C2CCN(C)CC2)nn(-c2ccccc2)c1N. The number of likely N-dealkylation sites (tertiary alicyclic amines) is 1. The zero-order valence-corrected chi connectivity index (χ0v) is 12.2. The molecular formula is C16H22N4. The molecule has 106 valence electrons. The number of hydrogen-bond donors (Lipinski definition) is 1. The van der Waals surface area contributed by atoms with Crippen molar-refractivity contribution >= 4 is 5.82 Å². The lowest BCUT2D eigenvalue weighted by Gasteiger charge is -2.28. The van der Waals surface area contributed by atoms with Crippen LogP contribution in [0.1, 0.15) is 30.0 Å². The second-order valence-electron chi connectivity index (χ2n) is 5.72. The number of benzene rings is 1. The third kappa shape index (κ3) is 2.31. The molecule has 0 spiro atoms. The van der Waals surface area contributed by atoms with E-state index in [1.54, 1.807) is 0 Å². The lowest BCUT2D eigenvalue weighted by atomic mass is 9.92. The summed E-state index contributed by atoms with van der Waals surface area (Å²) in [5.74, 6) is 1.31. The highest BCUT2D eigenvalue weighted by Gasteiger charge is 2.24. The van der Waals surface area contributed by atoms with Crippen molar-refractivity contribution in [1.82, 2.24) is 14.7 Å². The minimum atomic E-state index is 0.540. The Bertz CT molecular complexity index is 580. The number of anilines is 1. The van der Waals surface area contributed by atoms with Crippen molar-refractivity contribution in [1.29, 1.82) is 0 Å². The third-order valence-electron chi connectivity index (χ3n) is 4.31. The van der Waals surface area contributed by atoms with Gasteiger partial charge in [-0.3, -0.25) is 0 Å². The molecule has 4 heteroatoms. The molecule has 0 amide bonds. The van der Waals surface area contributed by atoms with E-state index in [9.17, 15) is 0 Å². The molecule has 20 heavy (non-hydrogen) atoms. The van der Waals surface area contributed by atoms with Crippen LogP contribution in [0.4, 0.5) is 5.82 Å². The van der Waals surface area contributed by atoms with Crippen LogP contribution in [-0.4, -0.2) is 34.8 Å². The molecule has 1 aliphatic heterocycles. The van der Waals surface area contributed by atoms with E-state index < -0.39 is 0 Å². The maximum atomic E-state index is 6.26. The van der Waals surface area contributed by atoms with Gasteiger partial charge in [-0.25, -0.2) is 4.68 Å². The summed E-state index contributed by atoms with van der Waals surface area (Å²) in [5, 5.41) is 4.80. The first kappa shape index (κ1) is 13.2. The molecule has 1 saturated heterocycles. The van der Waals surface area contributed by atoms with Gasteiger partial charge in [-0.1, -0.05) is 18.2 Å². The molecule has 0 unspecified atom stereocenters. The molecule has 1 fully saturated rings. The van der Waals surface area contributed by atoms with Gasteiger partial charge >= 0.3 is 0 Å². The third-order valence-corrected chi connectivity index (χ3v) is 4.31. The smallest absolute Gasteiger partial charge is 0.130 e. The number of nitrogens with zero attached hydrogens (tertiary/aromatic N) is 3. The maximum Gasteiger partial charge on any atom is 0.130 e. The lowest BCUT2D eigenvalue weighted by molar-refractivity contribution is 0.253. The fourth-order valence-electron chi connectivity index (χ4n) is 2.96. The van der Waals surface area contributed by atoms with Crippen molar-refractivity contribution in [2.24, 2.45) is 0 Å². The molecule has 0 aliphatic carbocycles. The zero-order chi connectivity index (χ0) is 14.1. The van der Waals surface area contributed by atoms with Crippen LogP contribution >= 0.6 is 0 Å². The minimum Gasteiger partial charge on any atom is -0.383 e. The normalized spacial score (nSPS) is 17.5. The second kappa shape index (κ2) is 5.29. The molecule has 2 heterocycles. The number of nitrogen functional groups attached to an aromatic ring is 1. The summed E-state index contributed by atoms with van der Waals surface area (Å²) in [5.41, 5.74) is 9.62. The van der Waals surface area contributed by atoms with Crippen molar-refractivity contribution in [2.75, 3.05) is 25.9 Å². The van der Waals surface area contributed by atoms with Gasteiger partial charge in [0.05, 0.1) is 11.4 Å². The number of hydrogen-bond acceptors (Lipinski definition) is 3. The average Bonchev–Trinajstić information content (AvgIpc) is 2.77. The summed E-state index contributed by atoms with van der Waals surface area (Å²) >= 11 is 0. The number of piperidine rings is 1. The molecule has 0 bridgehead atoms. The minimum absolute atomic E-state index is 0.540. The molecule has 1 aromatic carbocycles. The van der Waals surface area contributed by atoms with Crippen LogP contribution in [0.25, 0.3) is 5.69 Å². The standard InChI is InChI=1S/C16H22N4/c1-12-15(13-8-10-19(2)11-9-13)18-20(16(12)17)14-6-4-3-5-7-14/h3-7,13H,8-11,17H2,1-2H3. The predicted molar refractivity (Wildman–Crippen MR) is 82.2 cm³/mol. The lowest BCUT2D eigenvalue weighted by Crippen LogP contribution is -2.29. The predicted octanol–water partition coefficient (Wildman–Crippen LogP) is 2.57. The molecule has 3 rings (SSSR count). The van der Waals surface area contributed by atoms with Crippen molar-refractivity contribution in [3.8, 4) is 5.69 Å². The Morgan fingerprint density at radius 1 is 1.15 bits per heavy atom. The van der Waals surface area contributed by atoms with Crippen molar-refractivity contribution in [3.63, 3.8) is 0 Å². The average molecular weight is 270 g/mol. The van der Waals surface area contributed by atoms with Gasteiger partial charge in [0.25, 0.3) is 0 Å². The first-order valence-electron chi connectivity index (χ1n) is 7.26. The monoisotopic (exact) mass is 270 g/mol. The van der Waals surface area contributed by atoms with Crippen LogP contribution in [0.2, 0.25) is 0 Å². The Morgan fingerprint density at radius 2 is 1.80 bits per heavy atom. The Hall–Kier alpha value is -1.81. The van der Waals surface area contributed by atoms with Crippen LogP contribution in [0.3, 0.4) is 0 Å². The second-order valence-corrected chi connectivity index (χ2v) is 5.72. The van der Waals surface area contributed by atoms with E-state index in [0.717, 1.165) is 30.2 Å². The van der Waals surface area contributed by atoms with Crippen LogP contribution in [-0.2, 0) is 0 Å². The zero-order valence-electron chi connectivity index (χ0n) is 12.2. The van der Waals surface area contributed by atoms with Gasteiger partial charge in [-0.05, 0) is 52.0 Å². The molecule has 1 aliphatic rings. The van der Waals surface area contributed by atoms with Crippen LogP contribution < -0.4 is 5.73 Å². The fourth-order valence-corrected chi connectivity index (χ4v) is 2.96. The number of nitrogens with two attached hydrogens (primary N) is 1. The van der Waals surface area contributed by atoms with E-state index in [-0.39, 0.29) is 0 Å². The van der Waals surface area contributed by atoms with E-state index in [4.69, 9.17) is 10.8 Å². The van der Waals surface area contributed by atoms with Gasteiger partial charge in [0, 0.05) is 11.5 Å². The van der Waals surface area contributed by atoms with E-state index in [1.807, 2.05) is 35.0 Å². The van der Waals surface area contributed by atoms with E-state index in [1.165, 1.54) is 18.5 Å². The fraction of sp³-hybridized carbons (Fsp3) is 0.438. The highest BCUT2D eigenvalue weighted by molar-refractivity contribution is 5.50. The van der Waals surface area contributed by atoms with Gasteiger partial charge in [-0.15, -0.1) is 0 Å².